The van der Waals surface area contributed by atoms with Gasteiger partial charge in [0.2, 0.25) is 0 Å². The first-order valence-corrected chi connectivity index (χ1v) is 5.30. The molecule has 0 aromatic heterocycles. The number of rotatable bonds is 1. The first kappa shape index (κ1) is 11.6. The molecular formula is C12H14N2O3. The maximum absolute atomic E-state index is 12.1. The summed E-state index contributed by atoms with van der Waals surface area (Å²) in [4.78, 5) is 12.1. The number of amides is 1. The Morgan fingerprint density at radius 3 is 2.47 bits per heavy atom. The number of carbonyl (C=O) groups excluding carboxylic acids is 1. The molecule has 0 aliphatic carbocycles. The summed E-state index contributed by atoms with van der Waals surface area (Å²) in [6.07, 6.45) is 0.344. The molecule has 1 aliphatic rings. The Labute approximate surface area is 99.0 Å². The number of benzene rings is 1. The Hall–Kier alpha value is -1.88. The molecule has 1 aliphatic heterocycles. The number of hydrogen-bond acceptors (Lipinski definition) is 4. The zero-order chi connectivity index (χ0) is 12.6. The maximum Gasteiger partial charge on any atom is 0.276 e. The van der Waals surface area contributed by atoms with Crippen molar-refractivity contribution in [2.24, 2.45) is 5.10 Å². The largest absolute Gasteiger partial charge is 0.508 e. The Morgan fingerprint density at radius 1 is 1.41 bits per heavy atom. The zero-order valence-corrected chi connectivity index (χ0v) is 9.71. The van der Waals surface area contributed by atoms with Crippen LogP contribution in [0.5, 0.6) is 5.75 Å². The van der Waals surface area contributed by atoms with Crippen LogP contribution in [0, 0.1) is 0 Å². The summed E-state index contributed by atoms with van der Waals surface area (Å²) in [6, 6.07) is 5.84. The molecule has 5 heteroatoms. The van der Waals surface area contributed by atoms with E-state index >= 15 is 0 Å². The van der Waals surface area contributed by atoms with Crippen molar-refractivity contribution in [3.63, 3.8) is 0 Å². The Morgan fingerprint density at radius 2 is 2.00 bits per heavy atom. The minimum absolute atomic E-state index is 0.0920. The summed E-state index contributed by atoms with van der Waals surface area (Å²) in [5.41, 5.74) is -0.192. The lowest BCUT2D eigenvalue weighted by Gasteiger charge is -2.26. The normalized spacial score (nSPS) is 23.7. The van der Waals surface area contributed by atoms with Crippen LogP contribution in [-0.4, -0.2) is 32.6 Å². The van der Waals surface area contributed by atoms with Gasteiger partial charge in [-0.15, -0.1) is 0 Å². The van der Waals surface area contributed by atoms with Crippen molar-refractivity contribution in [1.82, 2.24) is 5.01 Å². The third-order valence-electron chi connectivity index (χ3n) is 2.62. The van der Waals surface area contributed by atoms with Gasteiger partial charge in [0.25, 0.3) is 5.91 Å². The highest BCUT2D eigenvalue weighted by atomic mass is 16.3. The van der Waals surface area contributed by atoms with Gasteiger partial charge in [-0.1, -0.05) is 0 Å². The Bertz CT molecular complexity index is 477. The Kier molecular flexibility index (Phi) is 2.63. The number of aromatic hydroxyl groups is 1. The molecule has 0 bridgehead atoms. The highest BCUT2D eigenvalue weighted by molar-refractivity contribution is 5.97. The third-order valence-corrected chi connectivity index (χ3v) is 2.62. The summed E-state index contributed by atoms with van der Waals surface area (Å²) in [5.74, 6) is -0.290. The van der Waals surface area contributed by atoms with Crippen molar-refractivity contribution < 1.29 is 15.0 Å². The first-order chi connectivity index (χ1) is 7.90. The topological polar surface area (TPSA) is 73.1 Å². The van der Waals surface area contributed by atoms with E-state index in [0.717, 1.165) is 5.01 Å². The highest BCUT2D eigenvalue weighted by Gasteiger charge is 2.39. The third kappa shape index (κ3) is 2.14. The number of hydrogen-bond donors (Lipinski definition) is 2. The molecule has 1 atom stereocenters. The Balaban J connectivity index is 2.29. The lowest BCUT2D eigenvalue weighted by atomic mass is 10.1. The van der Waals surface area contributed by atoms with Crippen molar-refractivity contribution in [3.05, 3.63) is 29.8 Å². The monoisotopic (exact) mass is 234 g/mol. The van der Waals surface area contributed by atoms with E-state index in [-0.39, 0.29) is 11.7 Å². The molecule has 0 radical (unpaired) electrons. The molecule has 5 nitrogen and oxygen atoms in total. The molecule has 90 valence electrons. The van der Waals surface area contributed by atoms with Gasteiger partial charge in [-0.2, -0.15) is 10.1 Å². The molecule has 1 heterocycles. The molecule has 1 aromatic carbocycles. The molecule has 0 fully saturated rings. The van der Waals surface area contributed by atoms with Gasteiger partial charge in [-0.05, 0) is 38.1 Å². The predicted octanol–water partition coefficient (Wildman–Crippen LogP) is 1.32. The number of aliphatic hydroxyl groups is 1. The molecule has 0 spiro atoms. The molecule has 1 aromatic rings. The van der Waals surface area contributed by atoms with Gasteiger partial charge < -0.3 is 10.2 Å². The van der Waals surface area contributed by atoms with Gasteiger partial charge in [0.1, 0.15) is 5.75 Å². The van der Waals surface area contributed by atoms with Gasteiger partial charge in [0.05, 0.1) is 0 Å². The summed E-state index contributed by atoms with van der Waals surface area (Å²) in [7, 11) is 0. The van der Waals surface area contributed by atoms with Crippen LogP contribution < -0.4 is 0 Å². The average molecular weight is 234 g/mol. The molecule has 1 amide bonds. The smallest absolute Gasteiger partial charge is 0.276 e. The SMILES string of the molecule is CC1=NN(C(=O)c2ccc(O)cc2)[C@](C)(O)C1. The molecule has 0 saturated heterocycles. The van der Waals surface area contributed by atoms with Crippen molar-refractivity contribution in [3.8, 4) is 5.75 Å². The van der Waals surface area contributed by atoms with Gasteiger partial charge in [0.15, 0.2) is 5.72 Å². The summed E-state index contributed by atoms with van der Waals surface area (Å²) in [5, 5.41) is 24.3. The maximum atomic E-state index is 12.1. The van der Waals surface area contributed by atoms with E-state index < -0.39 is 5.72 Å². The van der Waals surface area contributed by atoms with Crippen molar-refractivity contribution in [2.45, 2.75) is 26.0 Å². The average Bonchev–Trinajstić information content (AvgIpc) is 2.52. The quantitative estimate of drug-likeness (QED) is 0.769. The minimum atomic E-state index is -1.28. The fourth-order valence-electron chi connectivity index (χ4n) is 1.86. The van der Waals surface area contributed by atoms with Crippen LogP contribution in [0.1, 0.15) is 30.6 Å². The van der Waals surface area contributed by atoms with E-state index in [1.807, 2.05) is 0 Å². The molecule has 0 saturated carbocycles. The number of hydrazone groups is 1. The van der Waals surface area contributed by atoms with Crippen LogP contribution in [0.15, 0.2) is 29.4 Å². The van der Waals surface area contributed by atoms with Crippen molar-refractivity contribution in [1.29, 1.82) is 0 Å². The molecule has 17 heavy (non-hydrogen) atoms. The fourth-order valence-corrected chi connectivity index (χ4v) is 1.86. The highest BCUT2D eigenvalue weighted by Crippen LogP contribution is 2.26. The van der Waals surface area contributed by atoms with Crippen LogP contribution in [0.2, 0.25) is 0 Å². The van der Waals surface area contributed by atoms with E-state index in [4.69, 9.17) is 5.11 Å². The van der Waals surface area contributed by atoms with Crippen LogP contribution >= 0.6 is 0 Å². The van der Waals surface area contributed by atoms with E-state index in [2.05, 4.69) is 5.10 Å². The van der Waals surface area contributed by atoms with Crippen LogP contribution in [0.3, 0.4) is 0 Å². The fraction of sp³-hybridized carbons (Fsp3) is 0.333. The molecular weight excluding hydrogens is 220 g/mol. The van der Waals surface area contributed by atoms with Crippen LogP contribution in [0.25, 0.3) is 0 Å². The van der Waals surface area contributed by atoms with Crippen LogP contribution in [0.4, 0.5) is 0 Å². The lowest BCUT2D eigenvalue weighted by Crippen LogP contribution is -2.43. The van der Waals surface area contributed by atoms with Gasteiger partial charge >= 0.3 is 0 Å². The molecule has 2 rings (SSSR count). The number of nitrogens with zero attached hydrogens (tertiary/aromatic N) is 2. The lowest BCUT2D eigenvalue weighted by molar-refractivity contribution is -0.0553. The minimum Gasteiger partial charge on any atom is -0.508 e. The predicted molar refractivity (Wildman–Crippen MR) is 62.6 cm³/mol. The van der Waals surface area contributed by atoms with E-state index in [1.54, 1.807) is 13.8 Å². The second-order valence-electron chi connectivity index (χ2n) is 4.39. The van der Waals surface area contributed by atoms with Crippen molar-refractivity contribution in [2.75, 3.05) is 0 Å². The standard InChI is InChI=1S/C12H14N2O3/c1-8-7-12(2,17)14(13-8)11(16)9-3-5-10(15)6-4-9/h3-6,15,17H,7H2,1-2H3/t12-/m1/s1. The summed E-state index contributed by atoms with van der Waals surface area (Å²) >= 11 is 0. The van der Waals surface area contributed by atoms with E-state index in [0.29, 0.717) is 17.7 Å². The summed E-state index contributed by atoms with van der Waals surface area (Å²) in [6.45, 7) is 3.31. The number of phenols is 1. The van der Waals surface area contributed by atoms with Crippen molar-refractivity contribution >= 4 is 11.6 Å². The number of carbonyl (C=O) groups is 1. The van der Waals surface area contributed by atoms with Crippen LogP contribution in [-0.2, 0) is 0 Å². The number of phenolic OH excluding ortho intramolecular Hbond substituents is 1. The van der Waals surface area contributed by atoms with Gasteiger partial charge in [-0.25, -0.2) is 0 Å². The van der Waals surface area contributed by atoms with E-state index in [1.165, 1.54) is 24.3 Å². The second kappa shape index (κ2) is 3.85. The molecule has 0 unspecified atom stereocenters. The molecule has 2 N–H and O–H groups in total. The first-order valence-electron chi connectivity index (χ1n) is 5.30. The van der Waals surface area contributed by atoms with Gasteiger partial charge in [0, 0.05) is 17.7 Å². The van der Waals surface area contributed by atoms with E-state index in [9.17, 15) is 9.90 Å². The van der Waals surface area contributed by atoms with Gasteiger partial charge in [-0.3, -0.25) is 4.79 Å². The second-order valence-corrected chi connectivity index (χ2v) is 4.39. The zero-order valence-electron chi connectivity index (χ0n) is 9.71. The summed E-state index contributed by atoms with van der Waals surface area (Å²) < 4.78 is 0.